The molecule has 2 aliphatic rings. The predicted octanol–water partition coefficient (Wildman–Crippen LogP) is 4.10. The van der Waals surface area contributed by atoms with Gasteiger partial charge >= 0.3 is 0 Å². The normalized spacial score (nSPS) is 28.9. The third-order valence-corrected chi connectivity index (χ3v) is 5.68. The fraction of sp³-hybridized carbons (Fsp3) is 0.667. The molecule has 4 atom stereocenters. The van der Waals surface area contributed by atoms with E-state index in [2.05, 4.69) is 30.1 Å². The Bertz CT molecular complexity index is 500. The van der Waals surface area contributed by atoms with Gasteiger partial charge in [0.2, 0.25) is 0 Å². The Labute approximate surface area is 133 Å². The topological polar surface area (TPSA) is 29.3 Å². The van der Waals surface area contributed by atoms with Crippen LogP contribution in [0, 0.1) is 17.8 Å². The van der Waals surface area contributed by atoms with Gasteiger partial charge in [0.1, 0.15) is 0 Å². The summed E-state index contributed by atoms with van der Waals surface area (Å²) in [5.74, 6) is 2.85. The average molecular weight is 307 g/mol. The summed E-state index contributed by atoms with van der Waals surface area (Å²) in [6.07, 6.45) is 6.70. The smallest absolute Gasteiger partial charge is 0.0642 e. The summed E-state index contributed by atoms with van der Waals surface area (Å²) in [6.45, 7) is 3.18. The molecule has 1 aromatic rings. The van der Waals surface area contributed by atoms with Gasteiger partial charge in [-0.25, -0.2) is 0 Å². The van der Waals surface area contributed by atoms with Crippen LogP contribution in [0.3, 0.4) is 0 Å². The van der Waals surface area contributed by atoms with Crippen LogP contribution in [0.2, 0.25) is 5.02 Å². The van der Waals surface area contributed by atoms with E-state index in [1.165, 1.54) is 31.2 Å². The van der Waals surface area contributed by atoms with Crippen LogP contribution in [-0.4, -0.2) is 19.6 Å². The van der Waals surface area contributed by atoms with Gasteiger partial charge in [-0.15, -0.1) is 0 Å². The molecule has 116 valence electrons. The van der Waals surface area contributed by atoms with E-state index in [1.54, 1.807) is 0 Å². The van der Waals surface area contributed by atoms with Crippen molar-refractivity contribution in [1.29, 1.82) is 0 Å². The van der Waals surface area contributed by atoms with Crippen LogP contribution < -0.4 is 10.6 Å². The van der Waals surface area contributed by atoms with Gasteiger partial charge in [0, 0.05) is 19.6 Å². The first-order valence-corrected chi connectivity index (χ1v) is 8.66. The van der Waals surface area contributed by atoms with E-state index in [-0.39, 0.29) is 6.04 Å². The molecule has 2 N–H and O–H groups in total. The van der Waals surface area contributed by atoms with Crippen LogP contribution >= 0.6 is 11.6 Å². The molecule has 2 bridgehead atoms. The molecule has 1 aromatic carbocycles. The second-order valence-electron chi connectivity index (χ2n) is 7.28. The number of hydrogen-bond acceptors (Lipinski definition) is 2. The SMILES string of the molecule is CC(N)Cc1ccc(N(C)CC2CC3CCC2C3)c(Cl)c1. The lowest BCUT2D eigenvalue weighted by Crippen LogP contribution is -2.28. The Kier molecular flexibility index (Phi) is 4.46. The summed E-state index contributed by atoms with van der Waals surface area (Å²) in [4.78, 5) is 2.35. The molecule has 0 aliphatic heterocycles. The molecule has 2 fully saturated rings. The van der Waals surface area contributed by atoms with Gasteiger partial charge in [-0.05, 0) is 68.1 Å². The average Bonchev–Trinajstić information content (AvgIpc) is 3.00. The minimum absolute atomic E-state index is 0.179. The highest BCUT2D eigenvalue weighted by Gasteiger charge is 2.39. The number of nitrogens with two attached hydrogens (primary N) is 1. The molecule has 21 heavy (non-hydrogen) atoms. The van der Waals surface area contributed by atoms with Crippen LogP contribution in [0.15, 0.2) is 18.2 Å². The fourth-order valence-corrected chi connectivity index (χ4v) is 4.76. The highest BCUT2D eigenvalue weighted by molar-refractivity contribution is 6.33. The Morgan fingerprint density at radius 2 is 2.14 bits per heavy atom. The quantitative estimate of drug-likeness (QED) is 0.887. The summed E-state index contributed by atoms with van der Waals surface area (Å²) < 4.78 is 0. The maximum absolute atomic E-state index is 6.49. The van der Waals surface area contributed by atoms with Crippen molar-refractivity contribution < 1.29 is 0 Å². The Morgan fingerprint density at radius 3 is 2.71 bits per heavy atom. The number of benzene rings is 1. The number of anilines is 1. The van der Waals surface area contributed by atoms with Crippen LogP contribution in [0.4, 0.5) is 5.69 Å². The van der Waals surface area contributed by atoms with Crippen molar-refractivity contribution >= 4 is 17.3 Å². The number of nitrogens with zero attached hydrogens (tertiary/aromatic N) is 1. The van der Waals surface area contributed by atoms with E-state index in [0.29, 0.717) is 0 Å². The van der Waals surface area contributed by atoms with Crippen LogP contribution in [-0.2, 0) is 6.42 Å². The maximum atomic E-state index is 6.49. The van der Waals surface area contributed by atoms with Crippen LogP contribution in [0.25, 0.3) is 0 Å². The van der Waals surface area contributed by atoms with Gasteiger partial charge < -0.3 is 10.6 Å². The molecule has 4 unspecified atom stereocenters. The first-order chi connectivity index (χ1) is 10.0. The van der Waals surface area contributed by atoms with Gasteiger partial charge in [0.05, 0.1) is 10.7 Å². The molecule has 0 amide bonds. The largest absolute Gasteiger partial charge is 0.373 e. The molecular formula is C18H27ClN2. The lowest BCUT2D eigenvalue weighted by molar-refractivity contribution is 0.337. The Morgan fingerprint density at radius 1 is 1.33 bits per heavy atom. The van der Waals surface area contributed by atoms with Crippen molar-refractivity contribution in [3.8, 4) is 0 Å². The minimum Gasteiger partial charge on any atom is -0.373 e. The highest BCUT2D eigenvalue weighted by atomic mass is 35.5. The molecule has 0 aromatic heterocycles. The molecular weight excluding hydrogens is 280 g/mol. The summed E-state index contributed by atoms with van der Waals surface area (Å²) >= 11 is 6.49. The molecule has 2 nitrogen and oxygen atoms in total. The molecule has 2 saturated carbocycles. The standard InChI is InChI=1S/C18H27ClN2/c1-12(20)7-13-4-6-18(17(19)10-13)21(2)11-16-9-14-3-5-15(16)8-14/h4,6,10,12,14-16H,3,5,7-9,11,20H2,1-2H3. The molecule has 0 radical (unpaired) electrons. The van der Waals surface area contributed by atoms with E-state index in [1.807, 2.05) is 6.92 Å². The monoisotopic (exact) mass is 306 g/mol. The molecule has 0 saturated heterocycles. The Balaban J connectivity index is 1.65. The van der Waals surface area contributed by atoms with Gasteiger partial charge in [0.15, 0.2) is 0 Å². The van der Waals surface area contributed by atoms with Crippen molar-refractivity contribution in [2.24, 2.45) is 23.5 Å². The third kappa shape index (κ3) is 3.37. The zero-order valence-corrected chi connectivity index (χ0v) is 13.9. The summed E-state index contributed by atoms with van der Waals surface area (Å²) in [5.41, 5.74) is 8.25. The molecule has 3 rings (SSSR count). The number of fused-ring (bicyclic) bond motifs is 2. The second-order valence-corrected chi connectivity index (χ2v) is 7.69. The van der Waals surface area contributed by atoms with Gasteiger partial charge in [0.25, 0.3) is 0 Å². The van der Waals surface area contributed by atoms with Crippen molar-refractivity contribution in [1.82, 2.24) is 0 Å². The van der Waals surface area contributed by atoms with Crippen molar-refractivity contribution in [2.75, 3.05) is 18.5 Å². The highest BCUT2D eigenvalue weighted by Crippen LogP contribution is 2.48. The summed E-state index contributed by atoms with van der Waals surface area (Å²) in [7, 11) is 2.18. The van der Waals surface area contributed by atoms with E-state index in [4.69, 9.17) is 17.3 Å². The minimum atomic E-state index is 0.179. The summed E-state index contributed by atoms with van der Waals surface area (Å²) in [6, 6.07) is 6.59. The summed E-state index contributed by atoms with van der Waals surface area (Å²) in [5, 5.41) is 0.860. The second kappa shape index (κ2) is 6.18. The number of hydrogen-bond donors (Lipinski definition) is 1. The van der Waals surface area contributed by atoms with Crippen LogP contribution in [0.5, 0.6) is 0 Å². The van der Waals surface area contributed by atoms with E-state index < -0.39 is 0 Å². The lowest BCUT2D eigenvalue weighted by Gasteiger charge is -2.29. The van der Waals surface area contributed by atoms with E-state index in [0.717, 1.165) is 41.4 Å². The Hall–Kier alpha value is -0.730. The van der Waals surface area contributed by atoms with Gasteiger partial charge in [-0.2, -0.15) is 0 Å². The molecule has 0 spiro atoms. The van der Waals surface area contributed by atoms with E-state index >= 15 is 0 Å². The molecule has 2 aliphatic carbocycles. The van der Waals surface area contributed by atoms with Gasteiger partial charge in [-0.3, -0.25) is 0 Å². The van der Waals surface area contributed by atoms with Gasteiger partial charge in [-0.1, -0.05) is 24.1 Å². The zero-order chi connectivity index (χ0) is 15.0. The van der Waals surface area contributed by atoms with Crippen LogP contribution in [0.1, 0.15) is 38.2 Å². The molecule has 3 heteroatoms. The maximum Gasteiger partial charge on any atom is 0.0642 e. The van der Waals surface area contributed by atoms with Crippen molar-refractivity contribution in [3.63, 3.8) is 0 Å². The van der Waals surface area contributed by atoms with E-state index in [9.17, 15) is 0 Å². The fourth-order valence-electron chi connectivity index (χ4n) is 4.41. The number of rotatable bonds is 5. The van der Waals surface area contributed by atoms with Crippen molar-refractivity contribution in [2.45, 2.75) is 45.1 Å². The van der Waals surface area contributed by atoms with Crippen molar-refractivity contribution in [3.05, 3.63) is 28.8 Å². The molecule has 0 heterocycles. The first-order valence-electron chi connectivity index (χ1n) is 8.28. The first kappa shape index (κ1) is 15.2. The zero-order valence-electron chi connectivity index (χ0n) is 13.2. The number of halogens is 1. The third-order valence-electron chi connectivity index (χ3n) is 5.37. The predicted molar refractivity (Wildman–Crippen MR) is 91.0 cm³/mol. The lowest BCUT2D eigenvalue weighted by atomic mass is 9.88.